The van der Waals surface area contributed by atoms with Gasteiger partial charge in [0.1, 0.15) is 12.4 Å². The van der Waals surface area contributed by atoms with Crippen molar-refractivity contribution in [3.63, 3.8) is 0 Å². The third kappa shape index (κ3) is 7.03. The van der Waals surface area contributed by atoms with E-state index in [9.17, 15) is 37.5 Å². The topological polar surface area (TPSA) is 166 Å². The molecule has 4 amide bonds. The minimum Gasteiger partial charge on any atom is -0.491 e. The van der Waals surface area contributed by atoms with E-state index >= 15 is 4.79 Å². The highest BCUT2D eigenvalue weighted by Crippen LogP contribution is 2.65. The van der Waals surface area contributed by atoms with Gasteiger partial charge in [-0.1, -0.05) is 71.6 Å². The number of nitrogens with one attached hydrogen (secondary N) is 1. The Morgan fingerprint density at radius 1 is 0.982 bits per heavy atom. The number of hydrogen-bond acceptors (Lipinski definition) is 9. The first-order chi connectivity index (χ1) is 27.2. The number of hydrogen-bond donors (Lipinski definition) is 3. The summed E-state index contributed by atoms with van der Waals surface area (Å²) in [6.45, 7) is -0.346. The number of hydrazine groups is 1. The molecule has 0 radical (unpaired) electrons. The molecule has 6 atom stereocenters. The molecule has 3 N–H and O–H groups in total. The summed E-state index contributed by atoms with van der Waals surface area (Å²) in [7, 11) is 0. The molecule has 4 aliphatic rings. The molecule has 2 saturated heterocycles. The maximum Gasteiger partial charge on any atom is 0.417 e. The number of likely N-dealkylation sites (tertiary alicyclic amines) is 1. The molecule has 3 fully saturated rings. The number of carbonyl (C=O) groups is 5. The standard InChI is InChI=1S/C40H37Cl2F3N4O8/c41-23-11-9-21(10-12-23)39-28(36(54)49(38(39)56)47-34-29(42)18-22(20-46-34)40(43,44)45)19-27-24(33(39)25-6-3-4-7-30(25)57-17-16-50)13-14-26-32(27)37(55)48(35(26)53)15-5-1-2-8-31(51)52/h3-4,6-7,9-13,18,20,26-28,32-33,50H,1-2,5,8,14-17,19H2,(H,46,47)(H,51,52). The Hall–Kier alpha value is -4.99. The van der Waals surface area contributed by atoms with Crippen LogP contribution in [-0.2, 0) is 35.6 Å². The van der Waals surface area contributed by atoms with Crippen molar-refractivity contribution in [1.29, 1.82) is 0 Å². The average molecular weight is 830 g/mol. The molecule has 2 aliphatic carbocycles. The lowest BCUT2D eigenvalue weighted by atomic mass is 9.49. The molecule has 1 aromatic heterocycles. The van der Waals surface area contributed by atoms with Crippen molar-refractivity contribution in [2.45, 2.75) is 56.0 Å². The number of carboxylic acid groups (broad SMARTS) is 1. The lowest BCUT2D eigenvalue weighted by Crippen LogP contribution is -2.53. The SMILES string of the molecule is O=C(O)CCCCCN1C(=O)C2CC=C3C(CC4C(=O)N(Nc5ncc(C(F)(F)F)cc5Cl)C(=O)C4(c4ccc(Cl)cc4)C3c3ccccc3OCCO)C2C1=O. The van der Waals surface area contributed by atoms with Gasteiger partial charge in [-0.3, -0.25) is 34.3 Å². The van der Waals surface area contributed by atoms with Crippen LogP contribution in [-0.4, -0.2) is 74.5 Å². The Morgan fingerprint density at radius 3 is 2.40 bits per heavy atom. The lowest BCUT2D eigenvalue weighted by Gasteiger charge is -2.50. The van der Waals surface area contributed by atoms with Gasteiger partial charge in [-0.25, -0.2) is 4.98 Å². The van der Waals surface area contributed by atoms with Gasteiger partial charge in [-0.2, -0.15) is 18.2 Å². The fourth-order valence-electron chi connectivity index (χ4n) is 9.14. The highest BCUT2D eigenvalue weighted by molar-refractivity contribution is 6.33. The number of pyridine rings is 1. The number of para-hydroxylation sites is 1. The largest absolute Gasteiger partial charge is 0.491 e. The second-order valence-corrected chi connectivity index (χ2v) is 15.4. The highest BCUT2D eigenvalue weighted by atomic mass is 35.5. The predicted molar refractivity (Wildman–Crippen MR) is 199 cm³/mol. The Kier molecular flexibility index (Phi) is 11.1. The van der Waals surface area contributed by atoms with E-state index in [0.29, 0.717) is 64.0 Å². The summed E-state index contributed by atoms with van der Waals surface area (Å²) in [5.41, 5.74) is 1.17. The maximum atomic E-state index is 15.4. The Balaban J connectivity index is 1.36. The van der Waals surface area contributed by atoms with E-state index in [0.717, 1.165) is 0 Å². The van der Waals surface area contributed by atoms with E-state index in [-0.39, 0.29) is 50.7 Å². The Bertz CT molecular complexity index is 2150. The number of benzene rings is 2. The molecule has 7 rings (SSSR count). The summed E-state index contributed by atoms with van der Waals surface area (Å²) in [6.07, 6.45) is -1.05. The van der Waals surface area contributed by atoms with Gasteiger partial charge in [-0.05, 0) is 61.4 Å². The van der Waals surface area contributed by atoms with Crippen LogP contribution < -0.4 is 10.2 Å². The number of alkyl halides is 3. The number of aromatic nitrogens is 1. The quantitative estimate of drug-likeness (QED) is 0.0996. The number of anilines is 1. The van der Waals surface area contributed by atoms with Gasteiger partial charge in [0.2, 0.25) is 11.8 Å². The van der Waals surface area contributed by atoms with Crippen molar-refractivity contribution in [1.82, 2.24) is 14.9 Å². The second kappa shape index (κ2) is 15.7. The van der Waals surface area contributed by atoms with E-state index in [4.69, 9.17) is 33.0 Å². The predicted octanol–water partition coefficient (Wildman–Crippen LogP) is 6.41. The van der Waals surface area contributed by atoms with Crippen LogP contribution in [0.1, 0.15) is 61.1 Å². The number of allylic oxidation sites excluding steroid dienone is 2. The number of imide groups is 2. The first-order valence-corrected chi connectivity index (χ1v) is 19.2. The third-order valence-corrected chi connectivity index (χ3v) is 12.0. The van der Waals surface area contributed by atoms with Crippen molar-refractivity contribution in [2.75, 3.05) is 25.2 Å². The summed E-state index contributed by atoms with van der Waals surface area (Å²) >= 11 is 12.6. The monoisotopic (exact) mass is 828 g/mol. The number of fused-ring (bicyclic) bond motifs is 4. The third-order valence-electron chi connectivity index (χ3n) is 11.5. The summed E-state index contributed by atoms with van der Waals surface area (Å²) in [4.78, 5) is 74.5. The van der Waals surface area contributed by atoms with Gasteiger partial charge in [0.25, 0.3) is 11.8 Å². The van der Waals surface area contributed by atoms with E-state index in [1.165, 1.54) is 4.90 Å². The fourth-order valence-corrected chi connectivity index (χ4v) is 9.48. The van der Waals surface area contributed by atoms with Gasteiger partial charge in [0.15, 0.2) is 5.82 Å². The van der Waals surface area contributed by atoms with Crippen LogP contribution in [0.2, 0.25) is 10.0 Å². The molecule has 6 unspecified atom stereocenters. The molecule has 17 heteroatoms. The Morgan fingerprint density at radius 2 is 1.72 bits per heavy atom. The number of aliphatic hydroxyl groups excluding tert-OH is 1. The van der Waals surface area contributed by atoms with Crippen molar-refractivity contribution in [2.24, 2.45) is 23.7 Å². The lowest BCUT2D eigenvalue weighted by molar-refractivity contribution is -0.141. The molecule has 12 nitrogen and oxygen atoms in total. The number of rotatable bonds is 13. The number of carboxylic acids is 1. The van der Waals surface area contributed by atoms with Crippen LogP contribution in [0.4, 0.5) is 19.0 Å². The molecule has 3 aromatic rings. The number of halogens is 5. The van der Waals surface area contributed by atoms with Crippen molar-refractivity contribution < 1.29 is 52.1 Å². The molecule has 0 spiro atoms. The first kappa shape index (κ1) is 40.2. The van der Waals surface area contributed by atoms with Gasteiger partial charge in [0, 0.05) is 35.7 Å². The summed E-state index contributed by atoms with van der Waals surface area (Å²) in [5, 5.41) is 19.3. The molecule has 2 aromatic carbocycles. The molecule has 300 valence electrons. The zero-order chi connectivity index (χ0) is 40.8. The number of nitrogens with zero attached hydrogens (tertiary/aromatic N) is 3. The van der Waals surface area contributed by atoms with Crippen LogP contribution >= 0.6 is 23.2 Å². The second-order valence-electron chi connectivity index (χ2n) is 14.6. The zero-order valence-electron chi connectivity index (χ0n) is 30.2. The average Bonchev–Trinajstić information content (AvgIpc) is 3.54. The molecule has 57 heavy (non-hydrogen) atoms. The zero-order valence-corrected chi connectivity index (χ0v) is 31.7. The number of ether oxygens (including phenoxy) is 1. The highest BCUT2D eigenvalue weighted by Gasteiger charge is 2.70. The van der Waals surface area contributed by atoms with E-state index < -0.39 is 75.5 Å². The van der Waals surface area contributed by atoms with E-state index in [2.05, 4.69) is 10.4 Å². The first-order valence-electron chi connectivity index (χ1n) is 18.4. The summed E-state index contributed by atoms with van der Waals surface area (Å²) in [6, 6.07) is 13.8. The van der Waals surface area contributed by atoms with Gasteiger partial charge in [0.05, 0.1) is 40.4 Å². The van der Waals surface area contributed by atoms with Gasteiger partial charge < -0.3 is 14.9 Å². The number of carbonyl (C=O) groups excluding carboxylic acids is 4. The summed E-state index contributed by atoms with van der Waals surface area (Å²) in [5.74, 6) is -7.93. The molecule has 2 aliphatic heterocycles. The number of unbranched alkanes of at least 4 members (excludes halogenated alkanes) is 2. The molecule has 0 bridgehead atoms. The van der Waals surface area contributed by atoms with Crippen molar-refractivity contribution in [3.8, 4) is 5.75 Å². The number of aliphatic hydroxyl groups is 1. The smallest absolute Gasteiger partial charge is 0.417 e. The molecule has 3 heterocycles. The molecule has 1 saturated carbocycles. The Labute approximate surface area is 334 Å². The minimum atomic E-state index is -4.77. The van der Waals surface area contributed by atoms with E-state index in [1.807, 2.05) is 6.08 Å². The normalized spacial score (nSPS) is 25.6. The molecular formula is C40H37Cl2F3N4O8. The molecular weight excluding hydrogens is 792 g/mol. The van der Waals surface area contributed by atoms with Crippen LogP contribution in [0.15, 0.2) is 72.4 Å². The van der Waals surface area contributed by atoms with Crippen LogP contribution in [0.5, 0.6) is 5.75 Å². The fraction of sp³-hybridized carbons (Fsp3) is 0.400. The van der Waals surface area contributed by atoms with Crippen molar-refractivity contribution >= 4 is 58.6 Å². The van der Waals surface area contributed by atoms with Gasteiger partial charge >= 0.3 is 12.1 Å². The number of aliphatic carboxylic acids is 1. The number of amides is 4. The van der Waals surface area contributed by atoms with Gasteiger partial charge in [-0.15, -0.1) is 0 Å². The van der Waals surface area contributed by atoms with Crippen LogP contribution in [0, 0.1) is 23.7 Å². The summed E-state index contributed by atoms with van der Waals surface area (Å²) < 4.78 is 46.5. The van der Waals surface area contributed by atoms with Crippen LogP contribution in [0.3, 0.4) is 0 Å². The minimum absolute atomic E-state index is 0.0378. The van der Waals surface area contributed by atoms with E-state index in [1.54, 1.807) is 48.5 Å². The maximum absolute atomic E-state index is 15.4. The van der Waals surface area contributed by atoms with Crippen LogP contribution in [0.25, 0.3) is 0 Å². The van der Waals surface area contributed by atoms with Crippen molar-refractivity contribution in [3.05, 3.63) is 99.2 Å².